The van der Waals surface area contributed by atoms with Crippen molar-refractivity contribution in [2.24, 2.45) is 0 Å². The summed E-state index contributed by atoms with van der Waals surface area (Å²) in [6.45, 7) is 3.78. The normalized spacial score (nSPS) is 9.00. The molecule has 8 N–H and O–H groups in total. The molecule has 0 aromatic heterocycles. The van der Waals surface area contributed by atoms with Crippen LogP contribution in [0.3, 0.4) is 0 Å². The molecule has 0 radical (unpaired) electrons. The summed E-state index contributed by atoms with van der Waals surface area (Å²) in [6.07, 6.45) is 12.5. The maximum Gasteiger partial charge on any atom is 0.0639 e. The molecule has 19 heavy (non-hydrogen) atoms. The molecule has 5 nitrogen and oxygen atoms in total. The van der Waals surface area contributed by atoms with Crippen LogP contribution in [0.25, 0.3) is 0 Å². The van der Waals surface area contributed by atoms with E-state index in [1.165, 1.54) is 38.5 Å². The van der Waals surface area contributed by atoms with E-state index in [1.807, 2.05) is 0 Å². The second kappa shape index (κ2) is 25.8. The zero-order valence-electron chi connectivity index (χ0n) is 13.2. The Balaban J connectivity index is -0.000000204. The SMILES string of the molecule is CCCCCCCCCC=CC(=O)[O-].CC[O-].[NH4+].[NH4+]. The Morgan fingerprint density at radius 1 is 0.947 bits per heavy atom. The summed E-state index contributed by atoms with van der Waals surface area (Å²) in [5, 5.41) is 18.9. The van der Waals surface area contributed by atoms with E-state index in [0.29, 0.717) is 0 Å². The van der Waals surface area contributed by atoms with Crippen molar-refractivity contribution in [2.75, 3.05) is 6.61 Å². The molecule has 118 valence electrons. The van der Waals surface area contributed by atoms with Crippen LogP contribution in [0.1, 0.15) is 65.2 Å². The largest absolute Gasteiger partial charge is 0.855 e. The highest BCUT2D eigenvalue weighted by atomic mass is 16.4. The number of carbonyl (C=O) groups is 1. The summed E-state index contributed by atoms with van der Waals surface area (Å²) in [7, 11) is 0. The molecule has 0 atom stereocenters. The van der Waals surface area contributed by atoms with Crippen molar-refractivity contribution in [1.82, 2.24) is 12.3 Å². The molecule has 0 saturated carbocycles. The first-order chi connectivity index (χ1) is 8.18. The molecular weight excluding hydrogens is 244 g/mol. The molecule has 0 aliphatic heterocycles. The van der Waals surface area contributed by atoms with Gasteiger partial charge in [-0.3, -0.25) is 0 Å². The third kappa shape index (κ3) is 38.2. The van der Waals surface area contributed by atoms with Crippen LogP contribution in [0.2, 0.25) is 0 Å². The van der Waals surface area contributed by atoms with Gasteiger partial charge in [-0.2, -0.15) is 0 Å². The predicted octanol–water partition coefficient (Wildman–Crippen LogP) is 2.55. The minimum absolute atomic E-state index is 0. The van der Waals surface area contributed by atoms with Crippen molar-refractivity contribution in [2.45, 2.75) is 65.2 Å². The van der Waals surface area contributed by atoms with Crippen LogP contribution in [0.5, 0.6) is 0 Å². The van der Waals surface area contributed by atoms with Crippen molar-refractivity contribution in [3.63, 3.8) is 0 Å². The van der Waals surface area contributed by atoms with Gasteiger partial charge in [0.15, 0.2) is 0 Å². The van der Waals surface area contributed by atoms with E-state index in [1.54, 1.807) is 13.0 Å². The molecule has 0 heterocycles. The molecule has 0 amide bonds. The Morgan fingerprint density at radius 2 is 1.37 bits per heavy atom. The number of carbonyl (C=O) groups excluding carboxylic acids is 1. The van der Waals surface area contributed by atoms with Crippen LogP contribution >= 0.6 is 0 Å². The Labute approximate surface area is 118 Å². The van der Waals surface area contributed by atoms with Gasteiger partial charge in [0.1, 0.15) is 0 Å². The van der Waals surface area contributed by atoms with Crippen LogP contribution in [-0.4, -0.2) is 12.6 Å². The molecule has 0 aliphatic rings. The molecule has 0 unspecified atom stereocenters. The molecule has 0 saturated heterocycles. The highest BCUT2D eigenvalue weighted by molar-refractivity contribution is 5.77. The lowest BCUT2D eigenvalue weighted by atomic mass is 10.1. The van der Waals surface area contributed by atoms with E-state index in [4.69, 9.17) is 5.11 Å². The van der Waals surface area contributed by atoms with Crippen molar-refractivity contribution >= 4 is 5.97 Å². The van der Waals surface area contributed by atoms with E-state index < -0.39 is 5.97 Å². The number of carboxylic acids is 1. The minimum atomic E-state index is -1.09. The zero-order chi connectivity index (χ0) is 13.4. The third-order valence-electron chi connectivity index (χ3n) is 2.23. The lowest BCUT2D eigenvalue weighted by molar-refractivity contribution is -0.361. The lowest BCUT2D eigenvalue weighted by Crippen LogP contribution is -2.18. The van der Waals surface area contributed by atoms with Crippen LogP contribution < -0.4 is 22.5 Å². The van der Waals surface area contributed by atoms with Gasteiger partial charge in [-0.1, -0.05) is 58.4 Å². The summed E-state index contributed by atoms with van der Waals surface area (Å²) in [5.41, 5.74) is 0. The monoisotopic (exact) mass is 278 g/mol. The van der Waals surface area contributed by atoms with Crippen LogP contribution in [-0.2, 0) is 4.79 Å². The number of carboxylic acid groups (broad SMARTS) is 1. The van der Waals surface area contributed by atoms with Gasteiger partial charge in [0.05, 0.1) is 5.97 Å². The fraction of sp³-hybridized carbons (Fsp3) is 0.786. The van der Waals surface area contributed by atoms with Gasteiger partial charge in [-0.25, -0.2) is 0 Å². The lowest BCUT2D eigenvalue weighted by Gasteiger charge is -1.98. The molecular formula is C14H34N2O3. The Morgan fingerprint density at radius 3 is 1.79 bits per heavy atom. The number of rotatable bonds is 9. The van der Waals surface area contributed by atoms with Crippen molar-refractivity contribution in [3.05, 3.63) is 12.2 Å². The molecule has 0 rings (SSSR count). The molecule has 0 spiro atoms. The quantitative estimate of drug-likeness (QED) is 0.495. The molecule has 5 heteroatoms. The van der Waals surface area contributed by atoms with Gasteiger partial charge in [-0.15, -0.1) is 6.61 Å². The number of hydrogen-bond donors (Lipinski definition) is 2. The summed E-state index contributed by atoms with van der Waals surface area (Å²) in [4.78, 5) is 10.0. The van der Waals surface area contributed by atoms with Gasteiger partial charge in [0.25, 0.3) is 0 Å². The van der Waals surface area contributed by atoms with E-state index in [-0.39, 0.29) is 18.9 Å². The molecule has 0 fully saturated rings. The smallest absolute Gasteiger partial charge is 0.0639 e. The first kappa shape index (κ1) is 26.6. The standard InChI is InChI=1S/C12H22O2.C2H5O.2H3N/c1-2-3-4-5-6-7-8-9-10-11-12(13)14;1-2-3;;/h10-11H,2-9H2,1H3,(H,13,14);2H2,1H3;2*1H3/q;-1;;/p+1. The first-order valence-electron chi connectivity index (χ1n) is 6.64. The average Bonchev–Trinajstić information content (AvgIpc) is 2.27. The Hall–Kier alpha value is -0.910. The summed E-state index contributed by atoms with van der Waals surface area (Å²) >= 11 is 0. The highest BCUT2D eigenvalue weighted by Gasteiger charge is 1.88. The zero-order valence-corrected chi connectivity index (χ0v) is 13.2. The summed E-state index contributed by atoms with van der Waals surface area (Å²) in [5.74, 6) is -1.09. The van der Waals surface area contributed by atoms with Gasteiger partial charge < -0.3 is 27.3 Å². The molecule has 0 aromatic carbocycles. The second-order valence-electron chi connectivity index (χ2n) is 3.92. The molecule has 0 bridgehead atoms. The second-order valence-corrected chi connectivity index (χ2v) is 3.92. The van der Waals surface area contributed by atoms with Gasteiger partial charge in [0.2, 0.25) is 0 Å². The summed E-state index contributed by atoms with van der Waals surface area (Å²) < 4.78 is 0. The van der Waals surface area contributed by atoms with Gasteiger partial charge in [0, 0.05) is 0 Å². The Bertz CT molecular complexity index is 186. The van der Waals surface area contributed by atoms with Crippen LogP contribution in [0.4, 0.5) is 0 Å². The van der Waals surface area contributed by atoms with Gasteiger partial charge in [-0.05, 0) is 18.9 Å². The average molecular weight is 278 g/mol. The first-order valence-corrected chi connectivity index (χ1v) is 6.64. The highest BCUT2D eigenvalue weighted by Crippen LogP contribution is 2.08. The van der Waals surface area contributed by atoms with Crippen molar-refractivity contribution in [3.8, 4) is 0 Å². The fourth-order valence-corrected chi connectivity index (χ4v) is 1.40. The van der Waals surface area contributed by atoms with Crippen molar-refractivity contribution < 1.29 is 15.0 Å². The minimum Gasteiger partial charge on any atom is -0.855 e. The van der Waals surface area contributed by atoms with E-state index in [9.17, 15) is 9.90 Å². The number of aliphatic carboxylic acids is 1. The maximum atomic E-state index is 10.0. The number of hydrogen-bond acceptors (Lipinski definition) is 3. The predicted molar refractivity (Wildman–Crippen MR) is 79.3 cm³/mol. The molecule has 0 aliphatic carbocycles. The third-order valence-corrected chi connectivity index (χ3v) is 2.23. The van der Waals surface area contributed by atoms with Crippen LogP contribution in [0.15, 0.2) is 12.2 Å². The van der Waals surface area contributed by atoms with Crippen molar-refractivity contribution in [1.29, 1.82) is 0 Å². The number of quaternary nitrogens is 2. The molecule has 0 aromatic rings. The topological polar surface area (TPSA) is 136 Å². The van der Waals surface area contributed by atoms with Gasteiger partial charge >= 0.3 is 0 Å². The maximum absolute atomic E-state index is 10.0. The van der Waals surface area contributed by atoms with Crippen LogP contribution in [0, 0.1) is 0 Å². The Kier molecular flexibility index (Phi) is 36.2. The number of allylic oxidation sites excluding steroid dienone is 1. The number of unbranched alkanes of at least 4 members (excludes halogenated alkanes) is 7. The van der Waals surface area contributed by atoms with E-state index >= 15 is 0 Å². The van der Waals surface area contributed by atoms with E-state index in [2.05, 4.69) is 6.92 Å². The summed E-state index contributed by atoms with van der Waals surface area (Å²) in [6, 6.07) is 0. The fourth-order valence-electron chi connectivity index (χ4n) is 1.40. The van der Waals surface area contributed by atoms with E-state index in [0.717, 1.165) is 18.9 Å².